The smallest absolute Gasteiger partial charge is 0.228 e. The van der Waals surface area contributed by atoms with Gasteiger partial charge in [-0.2, -0.15) is 0 Å². The van der Waals surface area contributed by atoms with Gasteiger partial charge in [-0.25, -0.2) is 19.9 Å². The van der Waals surface area contributed by atoms with Crippen molar-refractivity contribution in [3.05, 3.63) is 36.3 Å². The number of anilines is 4. The van der Waals surface area contributed by atoms with Gasteiger partial charge in [0.25, 0.3) is 0 Å². The van der Waals surface area contributed by atoms with Crippen LogP contribution in [0.1, 0.15) is 31.4 Å². The van der Waals surface area contributed by atoms with Crippen LogP contribution < -0.4 is 15.5 Å². The van der Waals surface area contributed by atoms with Crippen molar-refractivity contribution in [1.29, 1.82) is 0 Å². The van der Waals surface area contributed by atoms with Crippen LogP contribution in [0, 0.1) is 6.92 Å². The minimum atomic E-state index is 0.530. The summed E-state index contributed by atoms with van der Waals surface area (Å²) in [4.78, 5) is 21.7. The number of hydrogen-bond acceptors (Lipinski definition) is 9. The summed E-state index contributed by atoms with van der Waals surface area (Å²) in [7, 11) is 0. The van der Waals surface area contributed by atoms with Crippen LogP contribution in [0.3, 0.4) is 0 Å². The second kappa shape index (κ2) is 9.15. The number of pyridine rings is 1. The number of hydrogen-bond donors (Lipinski definition) is 2. The van der Waals surface area contributed by atoms with E-state index in [0.717, 1.165) is 59.2 Å². The zero-order valence-electron chi connectivity index (χ0n) is 17.7. The first-order valence-electron chi connectivity index (χ1n) is 10.9. The van der Waals surface area contributed by atoms with Gasteiger partial charge >= 0.3 is 0 Å². The van der Waals surface area contributed by atoms with Gasteiger partial charge in [0.05, 0.1) is 41.4 Å². The molecule has 1 aliphatic carbocycles. The number of nitrogens with one attached hydrogen (secondary N) is 2. The fraction of sp³-hybridized carbons (Fsp3) is 0.455. The van der Waals surface area contributed by atoms with Crippen LogP contribution in [0.15, 0.2) is 30.6 Å². The van der Waals surface area contributed by atoms with Crippen molar-refractivity contribution in [2.75, 3.05) is 41.8 Å². The number of nitrogens with zero attached hydrogens (tertiary/aromatic N) is 5. The normalized spacial score (nSPS) is 17.1. The highest BCUT2D eigenvalue weighted by molar-refractivity contribution is 7.19. The fourth-order valence-corrected chi connectivity index (χ4v) is 5.08. The molecule has 0 radical (unpaired) electrons. The first-order chi connectivity index (χ1) is 15.2. The van der Waals surface area contributed by atoms with Crippen LogP contribution in [-0.4, -0.2) is 52.3 Å². The Morgan fingerprint density at radius 1 is 1.06 bits per heavy atom. The summed E-state index contributed by atoms with van der Waals surface area (Å²) >= 11 is 1.66. The van der Waals surface area contributed by atoms with Gasteiger partial charge in [0.1, 0.15) is 5.82 Å². The van der Waals surface area contributed by atoms with E-state index in [9.17, 15) is 0 Å². The summed E-state index contributed by atoms with van der Waals surface area (Å²) in [6.07, 6.45) is 8.72. The van der Waals surface area contributed by atoms with Crippen LogP contribution in [0.4, 0.5) is 22.6 Å². The van der Waals surface area contributed by atoms with E-state index < -0.39 is 0 Å². The van der Waals surface area contributed by atoms with Gasteiger partial charge in [0, 0.05) is 25.3 Å². The molecule has 1 saturated carbocycles. The number of ether oxygens (including phenoxy) is 1. The van der Waals surface area contributed by atoms with Crippen molar-refractivity contribution in [1.82, 2.24) is 19.9 Å². The van der Waals surface area contributed by atoms with E-state index in [-0.39, 0.29) is 0 Å². The average molecular weight is 438 g/mol. The monoisotopic (exact) mass is 437 g/mol. The van der Waals surface area contributed by atoms with Crippen molar-refractivity contribution < 1.29 is 4.74 Å². The molecule has 9 heteroatoms. The SMILES string of the molecule is Cc1nc(NC2CCCC2)sc1-c1ccnc(Nc2ccc(N3CCOCC3)cn2)n1. The predicted molar refractivity (Wildman–Crippen MR) is 124 cm³/mol. The first kappa shape index (κ1) is 20.1. The van der Waals surface area contributed by atoms with E-state index in [2.05, 4.69) is 31.6 Å². The highest BCUT2D eigenvalue weighted by Gasteiger charge is 2.18. The molecule has 5 rings (SSSR count). The molecule has 162 valence electrons. The van der Waals surface area contributed by atoms with E-state index in [4.69, 9.17) is 14.7 Å². The third kappa shape index (κ3) is 4.77. The zero-order chi connectivity index (χ0) is 21.0. The van der Waals surface area contributed by atoms with Gasteiger partial charge in [0.15, 0.2) is 5.13 Å². The molecule has 0 aromatic carbocycles. The Kier molecular flexibility index (Phi) is 5.95. The zero-order valence-corrected chi connectivity index (χ0v) is 18.5. The van der Waals surface area contributed by atoms with E-state index in [0.29, 0.717) is 12.0 Å². The highest BCUT2D eigenvalue weighted by atomic mass is 32.1. The topological polar surface area (TPSA) is 88.1 Å². The molecule has 4 heterocycles. The molecule has 31 heavy (non-hydrogen) atoms. The van der Waals surface area contributed by atoms with Gasteiger partial charge in [-0.05, 0) is 38.0 Å². The molecule has 2 N–H and O–H groups in total. The molecule has 0 unspecified atom stereocenters. The number of aromatic nitrogens is 4. The van der Waals surface area contributed by atoms with Crippen LogP contribution in [0.2, 0.25) is 0 Å². The van der Waals surface area contributed by atoms with Crippen molar-refractivity contribution in [3.8, 4) is 10.6 Å². The van der Waals surface area contributed by atoms with Gasteiger partial charge < -0.3 is 20.3 Å². The summed E-state index contributed by atoms with van der Waals surface area (Å²) in [6.45, 7) is 5.34. The summed E-state index contributed by atoms with van der Waals surface area (Å²) in [5.41, 5.74) is 2.96. The van der Waals surface area contributed by atoms with E-state index in [1.54, 1.807) is 17.5 Å². The quantitative estimate of drug-likeness (QED) is 0.592. The molecule has 2 aliphatic rings. The maximum atomic E-state index is 5.42. The average Bonchev–Trinajstić information content (AvgIpc) is 3.45. The van der Waals surface area contributed by atoms with Crippen molar-refractivity contribution in [2.45, 2.75) is 38.6 Å². The molecule has 3 aromatic heterocycles. The standard InChI is InChI=1S/C22H27N7OS/c1-15-20(31-22(25-15)26-16-4-2-3-5-16)18-8-9-23-21(27-18)28-19-7-6-17(14-24-19)29-10-12-30-13-11-29/h6-9,14,16H,2-5,10-13H2,1H3,(H,25,26)(H,23,24,27,28). The fourth-order valence-electron chi connectivity index (χ4n) is 4.07. The van der Waals surface area contributed by atoms with Gasteiger partial charge in [-0.3, -0.25) is 0 Å². The number of morpholine rings is 1. The van der Waals surface area contributed by atoms with E-state index >= 15 is 0 Å². The summed E-state index contributed by atoms with van der Waals surface area (Å²) < 4.78 is 5.42. The third-order valence-electron chi connectivity index (χ3n) is 5.73. The van der Waals surface area contributed by atoms with Crippen molar-refractivity contribution >= 4 is 33.9 Å². The van der Waals surface area contributed by atoms with Gasteiger partial charge in [0.2, 0.25) is 5.95 Å². The number of rotatable bonds is 6. The summed E-state index contributed by atoms with van der Waals surface area (Å²) in [5.74, 6) is 1.25. The number of thiazole rings is 1. The molecule has 2 fully saturated rings. The van der Waals surface area contributed by atoms with Crippen LogP contribution in [-0.2, 0) is 4.74 Å². The molecule has 0 atom stereocenters. The third-order valence-corrected chi connectivity index (χ3v) is 6.84. The molecule has 0 bridgehead atoms. The van der Waals surface area contributed by atoms with Crippen LogP contribution in [0.5, 0.6) is 0 Å². The lowest BCUT2D eigenvalue weighted by Gasteiger charge is -2.28. The minimum absolute atomic E-state index is 0.530. The largest absolute Gasteiger partial charge is 0.378 e. The van der Waals surface area contributed by atoms with E-state index in [1.165, 1.54) is 25.7 Å². The lowest BCUT2D eigenvalue weighted by Crippen LogP contribution is -2.36. The Balaban J connectivity index is 1.28. The summed E-state index contributed by atoms with van der Waals surface area (Å²) in [5, 5.41) is 7.79. The van der Waals surface area contributed by atoms with Crippen LogP contribution in [0.25, 0.3) is 10.6 Å². The Hall–Kier alpha value is -2.78. The Bertz CT molecular complexity index is 1010. The van der Waals surface area contributed by atoms with Crippen LogP contribution >= 0.6 is 11.3 Å². The Labute approximate surface area is 186 Å². The molecule has 8 nitrogen and oxygen atoms in total. The summed E-state index contributed by atoms with van der Waals surface area (Å²) in [6, 6.07) is 6.51. The molecule has 1 aliphatic heterocycles. The van der Waals surface area contributed by atoms with Crippen molar-refractivity contribution in [3.63, 3.8) is 0 Å². The number of aryl methyl sites for hydroxylation is 1. The highest BCUT2D eigenvalue weighted by Crippen LogP contribution is 2.33. The lowest BCUT2D eigenvalue weighted by atomic mass is 10.3. The van der Waals surface area contributed by atoms with E-state index in [1.807, 2.05) is 25.3 Å². The first-order valence-corrected chi connectivity index (χ1v) is 11.7. The van der Waals surface area contributed by atoms with Gasteiger partial charge in [-0.15, -0.1) is 0 Å². The molecule has 1 saturated heterocycles. The second-order valence-electron chi connectivity index (χ2n) is 7.95. The van der Waals surface area contributed by atoms with Crippen molar-refractivity contribution in [2.24, 2.45) is 0 Å². The Morgan fingerprint density at radius 3 is 2.68 bits per heavy atom. The Morgan fingerprint density at radius 2 is 1.90 bits per heavy atom. The maximum absolute atomic E-state index is 5.42. The lowest BCUT2D eigenvalue weighted by molar-refractivity contribution is 0.122. The molecule has 0 amide bonds. The predicted octanol–water partition coefficient (Wildman–Crippen LogP) is 4.24. The molecule has 3 aromatic rings. The second-order valence-corrected chi connectivity index (χ2v) is 8.95. The molecule has 0 spiro atoms. The molecular weight excluding hydrogens is 410 g/mol. The van der Waals surface area contributed by atoms with Gasteiger partial charge in [-0.1, -0.05) is 24.2 Å². The maximum Gasteiger partial charge on any atom is 0.228 e. The minimum Gasteiger partial charge on any atom is -0.378 e. The molecular formula is C22H27N7OS.